The molecule has 1 heterocycles. The molecule has 0 bridgehead atoms. The molecule has 6 heteroatoms. The number of aryl methyl sites for hydroxylation is 1. The summed E-state index contributed by atoms with van der Waals surface area (Å²) in [5.41, 5.74) is 0.288. The van der Waals surface area contributed by atoms with Crippen LogP contribution in [0.1, 0.15) is 35.9 Å². The summed E-state index contributed by atoms with van der Waals surface area (Å²) in [4.78, 5) is 19.0. The van der Waals surface area contributed by atoms with Gasteiger partial charge in [-0.2, -0.15) is 0 Å². The van der Waals surface area contributed by atoms with Gasteiger partial charge in [-0.05, 0) is 13.3 Å². The average molecular weight is 272 g/mol. The van der Waals surface area contributed by atoms with Crippen LogP contribution in [-0.4, -0.2) is 36.0 Å². The Kier molecular flexibility index (Phi) is 6.60. The molecule has 0 aromatic carbocycles. The average Bonchev–Trinajstić information content (AvgIpc) is 2.33. The number of carbonyl (C=O) groups is 1. The minimum absolute atomic E-state index is 0.173. The van der Waals surface area contributed by atoms with Gasteiger partial charge in [-0.1, -0.05) is 24.9 Å². The largest absolute Gasteiger partial charge is 0.380 e. The molecule has 18 heavy (non-hydrogen) atoms. The van der Waals surface area contributed by atoms with E-state index in [4.69, 9.17) is 16.3 Å². The first-order valence-corrected chi connectivity index (χ1v) is 6.37. The molecule has 1 N–H and O–H groups in total. The lowest BCUT2D eigenvalue weighted by molar-refractivity contribution is 0.112. The Morgan fingerprint density at radius 2 is 2.17 bits per heavy atom. The Morgan fingerprint density at radius 3 is 2.83 bits per heavy atom. The van der Waals surface area contributed by atoms with E-state index in [1.165, 1.54) is 0 Å². The van der Waals surface area contributed by atoms with Crippen molar-refractivity contribution in [3.8, 4) is 0 Å². The molecule has 0 aliphatic rings. The van der Waals surface area contributed by atoms with E-state index in [0.717, 1.165) is 19.4 Å². The zero-order valence-electron chi connectivity index (χ0n) is 10.7. The number of nitrogens with one attached hydrogen (secondary N) is 1. The van der Waals surface area contributed by atoms with Crippen molar-refractivity contribution in [3.05, 3.63) is 16.5 Å². The van der Waals surface area contributed by atoms with E-state index in [0.29, 0.717) is 31.1 Å². The van der Waals surface area contributed by atoms with Crippen LogP contribution < -0.4 is 5.32 Å². The number of halogens is 1. The minimum Gasteiger partial charge on any atom is -0.380 e. The van der Waals surface area contributed by atoms with Gasteiger partial charge in [-0.25, -0.2) is 9.97 Å². The standard InChI is InChI=1S/C12H18ClN3O2/c1-3-4-6-18-7-5-14-12-10(8-17)11(13)15-9(2)16-12/h8H,3-7H2,1-2H3,(H,14,15,16). The fourth-order valence-corrected chi connectivity index (χ4v) is 1.63. The van der Waals surface area contributed by atoms with Gasteiger partial charge in [0.15, 0.2) is 6.29 Å². The number of anilines is 1. The van der Waals surface area contributed by atoms with Gasteiger partial charge in [-0.15, -0.1) is 0 Å². The number of aromatic nitrogens is 2. The first-order chi connectivity index (χ1) is 8.69. The molecule has 0 amide bonds. The zero-order chi connectivity index (χ0) is 13.4. The molecular weight excluding hydrogens is 254 g/mol. The van der Waals surface area contributed by atoms with Gasteiger partial charge in [0.25, 0.3) is 0 Å². The number of hydrogen-bond donors (Lipinski definition) is 1. The fourth-order valence-electron chi connectivity index (χ4n) is 1.38. The number of ether oxygens (including phenoxy) is 1. The Morgan fingerprint density at radius 1 is 1.39 bits per heavy atom. The maximum Gasteiger partial charge on any atom is 0.156 e. The molecule has 0 aliphatic heterocycles. The van der Waals surface area contributed by atoms with E-state index < -0.39 is 0 Å². The van der Waals surface area contributed by atoms with Crippen LogP contribution in [0, 0.1) is 6.92 Å². The van der Waals surface area contributed by atoms with Crippen LogP contribution in [0.25, 0.3) is 0 Å². The lowest BCUT2D eigenvalue weighted by atomic mass is 10.3. The van der Waals surface area contributed by atoms with Crippen molar-refractivity contribution in [2.24, 2.45) is 0 Å². The van der Waals surface area contributed by atoms with E-state index >= 15 is 0 Å². The molecule has 0 unspecified atom stereocenters. The highest BCUT2D eigenvalue weighted by atomic mass is 35.5. The fraction of sp³-hybridized carbons (Fsp3) is 0.583. The molecule has 1 rings (SSSR count). The monoisotopic (exact) mass is 271 g/mol. The van der Waals surface area contributed by atoms with Gasteiger partial charge in [0.2, 0.25) is 0 Å². The van der Waals surface area contributed by atoms with Gasteiger partial charge in [0, 0.05) is 13.2 Å². The third kappa shape index (κ3) is 4.58. The van der Waals surface area contributed by atoms with Gasteiger partial charge >= 0.3 is 0 Å². The summed E-state index contributed by atoms with van der Waals surface area (Å²) in [5.74, 6) is 0.988. The molecule has 0 saturated carbocycles. The molecule has 1 aromatic rings. The minimum atomic E-state index is 0.173. The second-order valence-corrected chi connectivity index (χ2v) is 4.19. The molecule has 0 radical (unpaired) electrons. The van der Waals surface area contributed by atoms with Crippen molar-refractivity contribution < 1.29 is 9.53 Å². The summed E-state index contributed by atoms with van der Waals surface area (Å²) in [6, 6.07) is 0. The summed E-state index contributed by atoms with van der Waals surface area (Å²) in [7, 11) is 0. The van der Waals surface area contributed by atoms with Crippen LogP contribution in [0.4, 0.5) is 5.82 Å². The first-order valence-electron chi connectivity index (χ1n) is 6.00. The zero-order valence-corrected chi connectivity index (χ0v) is 11.5. The van der Waals surface area contributed by atoms with Crippen molar-refractivity contribution in [2.75, 3.05) is 25.1 Å². The summed E-state index contributed by atoms with van der Waals surface area (Å²) >= 11 is 5.86. The van der Waals surface area contributed by atoms with E-state index in [1.807, 2.05) is 0 Å². The highest BCUT2D eigenvalue weighted by Crippen LogP contribution is 2.18. The van der Waals surface area contributed by atoms with E-state index in [9.17, 15) is 4.79 Å². The van der Waals surface area contributed by atoms with Crippen molar-refractivity contribution in [3.63, 3.8) is 0 Å². The molecule has 0 aliphatic carbocycles. The number of unbranched alkanes of at least 4 members (excludes halogenated alkanes) is 1. The third-order valence-electron chi connectivity index (χ3n) is 2.31. The molecule has 5 nitrogen and oxygen atoms in total. The number of nitrogens with zero attached hydrogens (tertiary/aromatic N) is 2. The predicted octanol–water partition coefficient (Wildman–Crippen LogP) is 2.48. The SMILES string of the molecule is CCCCOCCNc1nc(C)nc(Cl)c1C=O. The lowest BCUT2D eigenvalue weighted by Crippen LogP contribution is -2.13. The molecule has 0 fully saturated rings. The summed E-state index contributed by atoms with van der Waals surface area (Å²) in [5, 5.41) is 3.20. The van der Waals surface area contributed by atoms with E-state index in [2.05, 4.69) is 22.2 Å². The number of hydrogen-bond acceptors (Lipinski definition) is 5. The quantitative estimate of drug-likeness (QED) is 0.447. The maximum absolute atomic E-state index is 10.9. The Bertz CT molecular complexity index is 399. The van der Waals surface area contributed by atoms with Gasteiger partial charge in [-0.3, -0.25) is 4.79 Å². The molecule has 100 valence electrons. The number of aldehydes is 1. The van der Waals surface area contributed by atoms with Crippen LogP contribution in [0.15, 0.2) is 0 Å². The first kappa shape index (κ1) is 14.9. The third-order valence-corrected chi connectivity index (χ3v) is 2.60. The van der Waals surface area contributed by atoms with E-state index in [-0.39, 0.29) is 10.7 Å². The molecule has 0 spiro atoms. The van der Waals surface area contributed by atoms with Gasteiger partial charge < -0.3 is 10.1 Å². The Balaban J connectivity index is 2.48. The molecular formula is C12H18ClN3O2. The summed E-state index contributed by atoms with van der Waals surface area (Å²) in [6.45, 7) is 5.74. The van der Waals surface area contributed by atoms with E-state index in [1.54, 1.807) is 6.92 Å². The van der Waals surface area contributed by atoms with Crippen molar-refractivity contribution >= 4 is 23.7 Å². The van der Waals surface area contributed by atoms with Crippen LogP contribution in [-0.2, 0) is 4.74 Å². The van der Waals surface area contributed by atoms with Gasteiger partial charge in [0.1, 0.15) is 16.8 Å². The molecule has 0 atom stereocenters. The Labute approximate surface area is 112 Å². The normalized spacial score (nSPS) is 10.4. The highest BCUT2D eigenvalue weighted by molar-refractivity contribution is 6.32. The molecule has 0 saturated heterocycles. The lowest BCUT2D eigenvalue weighted by Gasteiger charge is -2.09. The topological polar surface area (TPSA) is 64.1 Å². The predicted molar refractivity (Wildman–Crippen MR) is 71.4 cm³/mol. The van der Waals surface area contributed by atoms with Crippen molar-refractivity contribution in [1.29, 1.82) is 0 Å². The number of rotatable bonds is 8. The highest BCUT2D eigenvalue weighted by Gasteiger charge is 2.10. The second-order valence-electron chi connectivity index (χ2n) is 3.83. The van der Waals surface area contributed by atoms with Crippen LogP contribution in [0.3, 0.4) is 0 Å². The summed E-state index contributed by atoms with van der Waals surface area (Å²) in [6.07, 6.45) is 2.82. The maximum atomic E-state index is 10.9. The van der Waals surface area contributed by atoms with Crippen LogP contribution >= 0.6 is 11.6 Å². The van der Waals surface area contributed by atoms with Crippen molar-refractivity contribution in [2.45, 2.75) is 26.7 Å². The smallest absolute Gasteiger partial charge is 0.156 e. The second kappa shape index (κ2) is 8.00. The summed E-state index contributed by atoms with van der Waals surface area (Å²) < 4.78 is 5.40. The number of carbonyl (C=O) groups excluding carboxylic acids is 1. The molecule has 1 aromatic heterocycles. The van der Waals surface area contributed by atoms with Gasteiger partial charge in [0.05, 0.1) is 12.2 Å². The van der Waals surface area contributed by atoms with Crippen LogP contribution in [0.2, 0.25) is 5.15 Å². The van der Waals surface area contributed by atoms with Crippen molar-refractivity contribution in [1.82, 2.24) is 9.97 Å². The van der Waals surface area contributed by atoms with Crippen LogP contribution in [0.5, 0.6) is 0 Å². The Hall–Kier alpha value is -1.20.